The van der Waals surface area contributed by atoms with Gasteiger partial charge in [-0.1, -0.05) is 111 Å². The molecular weight excluding hydrogens is 576 g/mol. The zero-order valence-electron chi connectivity index (χ0n) is 25.9. The Morgan fingerprint density at radius 1 is 0.617 bits per heavy atom. The number of hydrogen-bond donors (Lipinski definition) is 0. The molecule has 0 atom stereocenters. The molecule has 0 fully saturated rings. The minimum Gasteiger partial charge on any atom is -0.454 e. The van der Waals surface area contributed by atoms with Gasteiger partial charge in [0, 0.05) is 44.3 Å². The van der Waals surface area contributed by atoms with Crippen LogP contribution in [0.2, 0.25) is 0 Å². The molecule has 0 radical (unpaired) electrons. The van der Waals surface area contributed by atoms with Gasteiger partial charge in [0.1, 0.15) is 17.0 Å². The largest absolute Gasteiger partial charge is 0.454 e. The molecule has 0 unspecified atom stereocenters. The first-order valence-electron chi connectivity index (χ1n) is 16.0. The van der Waals surface area contributed by atoms with Crippen LogP contribution < -0.4 is 4.74 Å². The van der Waals surface area contributed by atoms with Crippen molar-refractivity contribution < 1.29 is 4.74 Å². The lowest BCUT2D eigenvalue weighted by atomic mass is 9.73. The number of para-hydroxylation sites is 2. The van der Waals surface area contributed by atoms with E-state index in [1.807, 2.05) is 30.5 Å². The van der Waals surface area contributed by atoms with Crippen molar-refractivity contribution in [3.05, 3.63) is 145 Å². The lowest BCUT2D eigenvalue weighted by molar-refractivity contribution is 0.424. The fraction of sp³-hybridized carbons (Fsp3) is 0.0714. The van der Waals surface area contributed by atoms with E-state index in [2.05, 4.69) is 122 Å². The molecule has 5 nitrogen and oxygen atoms in total. The first kappa shape index (κ1) is 26.2. The van der Waals surface area contributed by atoms with E-state index < -0.39 is 0 Å². The van der Waals surface area contributed by atoms with Crippen LogP contribution in [0.1, 0.15) is 25.0 Å². The highest BCUT2D eigenvalue weighted by molar-refractivity contribution is 6.24. The van der Waals surface area contributed by atoms with Crippen molar-refractivity contribution in [2.45, 2.75) is 19.3 Å². The van der Waals surface area contributed by atoms with E-state index in [4.69, 9.17) is 19.7 Å². The molecule has 0 amide bonds. The van der Waals surface area contributed by atoms with E-state index in [1.165, 1.54) is 21.9 Å². The van der Waals surface area contributed by atoms with Crippen LogP contribution in [0.25, 0.3) is 71.6 Å². The zero-order valence-corrected chi connectivity index (χ0v) is 25.9. The Bertz CT molecular complexity index is 2740. The molecule has 0 aliphatic carbocycles. The van der Waals surface area contributed by atoms with Crippen LogP contribution in [0.5, 0.6) is 11.5 Å². The summed E-state index contributed by atoms with van der Waals surface area (Å²) in [5.41, 5.74) is 6.49. The number of hydrogen-bond acceptors (Lipinski definition) is 4. The summed E-state index contributed by atoms with van der Waals surface area (Å²) < 4.78 is 9.23. The molecule has 0 saturated carbocycles. The zero-order chi connectivity index (χ0) is 31.3. The highest BCUT2D eigenvalue weighted by atomic mass is 16.5. The SMILES string of the molecule is CC1(C)c2ccccc2Oc2c1c1ccccc1c1c3ccccc3n(-c3nc(-c4ccccn4)c4ccc5ccccc5c4n3)c21. The van der Waals surface area contributed by atoms with Gasteiger partial charge in [-0.2, -0.15) is 0 Å². The van der Waals surface area contributed by atoms with Crippen LogP contribution in [0.3, 0.4) is 0 Å². The smallest absolute Gasteiger partial charge is 0.236 e. The van der Waals surface area contributed by atoms with E-state index in [0.29, 0.717) is 5.95 Å². The molecule has 5 heteroatoms. The third-order valence-corrected chi connectivity index (χ3v) is 9.87. The van der Waals surface area contributed by atoms with Crippen LogP contribution in [0.4, 0.5) is 0 Å². The van der Waals surface area contributed by atoms with E-state index in [9.17, 15) is 0 Å². The second-order valence-electron chi connectivity index (χ2n) is 12.8. The summed E-state index contributed by atoms with van der Waals surface area (Å²) in [6.45, 7) is 4.60. The molecule has 3 aromatic heterocycles. The molecule has 4 heterocycles. The third-order valence-electron chi connectivity index (χ3n) is 9.87. The van der Waals surface area contributed by atoms with E-state index in [1.54, 1.807) is 0 Å². The van der Waals surface area contributed by atoms with Gasteiger partial charge in [-0.3, -0.25) is 9.55 Å². The average molecular weight is 605 g/mol. The Morgan fingerprint density at radius 3 is 2.19 bits per heavy atom. The number of fused-ring (bicyclic) bond motifs is 12. The van der Waals surface area contributed by atoms with Crippen molar-refractivity contribution in [1.29, 1.82) is 0 Å². The number of nitrogens with zero attached hydrogens (tertiary/aromatic N) is 4. The minimum absolute atomic E-state index is 0.321. The second-order valence-corrected chi connectivity index (χ2v) is 12.8. The fourth-order valence-corrected chi connectivity index (χ4v) is 7.78. The van der Waals surface area contributed by atoms with E-state index in [-0.39, 0.29) is 5.41 Å². The summed E-state index contributed by atoms with van der Waals surface area (Å²) in [5.74, 6) is 2.30. The molecule has 1 aliphatic rings. The van der Waals surface area contributed by atoms with Crippen LogP contribution in [-0.4, -0.2) is 19.5 Å². The number of aromatic nitrogens is 4. The van der Waals surface area contributed by atoms with Crippen molar-refractivity contribution in [3.63, 3.8) is 0 Å². The van der Waals surface area contributed by atoms with Crippen molar-refractivity contribution in [2.75, 3.05) is 0 Å². The van der Waals surface area contributed by atoms with Crippen molar-refractivity contribution in [1.82, 2.24) is 19.5 Å². The standard InChI is InChI=1S/C42H28N4O/c1-42(2)31-18-8-10-21-34(31)47-40-36(42)28-16-6-5-15-27(28)35-29-17-7-9-20-33(29)46(39(35)40)41-44-37-26-14-4-3-13-25(26)22-23-30(37)38(45-41)32-19-11-12-24-43-32/h3-24H,1-2H3. The Balaban J connectivity index is 1.43. The summed E-state index contributed by atoms with van der Waals surface area (Å²) >= 11 is 0. The molecule has 1 aliphatic heterocycles. The third kappa shape index (κ3) is 3.57. The van der Waals surface area contributed by atoms with Crippen LogP contribution >= 0.6 is 0 Å². The lowest BCUT2D eigenvalue weighted by Crippen LogP contribution is -2.25. The molecule has 47 heavy (non-hydrogen) atoms. The fourth-order valence-electron chi connectivity index (χ4n) is 7.78. The van der Waals surface area contributed by atoms with Gasteiger partial charge in [0.05, 0.1) is 16.7 Å². The topological polar surface area (TPSA) is 52.8 Å². The lowest BCUT2D eigenvalue weighted by Gasteiger charge is -2.36. The minimum atomic E-state index is -0.321. The molecule has 10 rings (SSSR count). The number of ether oxygens (including phenoxy) is 1. The molecule has 222 valence electrons. The first-order chi connectivity index (χ1) is 23.1. The first-order valence-corrected chi connectivity index (χ1v) is 16.0. The second kappa shape index (κ2) is 9.47. The average Bonchev–Trinajstić information content (AvgIpc) is 3.47. The van der Waals surface area contributed by atoms with Crippen molar-refractivity contribution in [2.24, 2.45) is 0 Å². The predicted molar refractivity (Wildman–Crippen MR) is 191 cm³/mol. The summed E-state index contributed by atoms with van der Waals surface area (Å²) in [6.07, 6.45) is 1.82. The number of pyridine rings is 1. The summed E-state index contributed by atoms with van der Waals surface area (Å²) in [6, 6.07) is 44.3. The molecular formula is C42H28N4O. The van der Waals surface area contributed by atoms with E-state index >= 15 is 0 Å². The summed E-state index contributed by atoms with van der Waals surface area (Å²) in [7, 11) is 0. The normalized spacial score (nSPS) is 13.7. The highest BCUT2D eigenvalue weighted by Crippen LogP contribution is 2.55. The van der Waals surface area contributed by atoms with Gasteiger partial charge in [-0.05, 0) is 46.5 Å². The number of benzene rings is 6. The van der Waals surface area contributed by atoms with Gasteiger partial charge in [0.25, 0.3) is 0 Å². The van der Waals surface area contributed by atoms with Crippen LogP contribution in [0.15, 0.2) is 134 Å². The van der Waals surface area contributed by atoms with Gasteiger partial charge < -0.3 is 4.74 Å². The molecule has 0 N–H and O–H groups in total. The Labute approximate surface area is 270 Å². The predicted octanol–water partition coefficient (Wildman–Crippen LogP) is 10.5. The molecule has 0 saturated heterocycles. The molecule has 0 spiro atoms. The molecule has 6 aromatic carbocycles. The van der Waals surface area contributed by atoms with Gasteiger partial charge in [0.2, 0.25) is 5.95 Å². The molecule has 9 aromatic rings. The van der Waals surface area contributed by atoms with Crippen LogP contribution in [-0.2, 0) is 5.41 Å². The van der Waals surface area contributed by atoms with E-state index in [0.717, 1.165) is 66.4 Å². The molecule has 0 bridgehead atoms. The van der Waals surface area contributed by atoms with Crippen molar-refractivity contribution in [3.8, 4) is 28.8 Å². The highest BCUT2D eigenvalue weighted by Gasteiger charge is 2.38. The maximum atomic E-state index is 7.01. The maximum Gasteiger partial charge on any atom is 0.236 e. The monoisotopic (exact) mass is 604 g/mol. The van der Waals surface area contributed by atoms with Gasteiger partial charge in [-0.15, -0.1) is 0 Å². The van der Waals surface area contributed by atoms with Gasteiger partial charge >= 0.3 is 0 Å². The summed E-state index contributed by atoms with van der Waals surface area (Å²) in [4.78, 5) is 15.5. The number of rotatable bonds is 2. The summed E-state index contributed by atoms with van der Waals surface area (Å²) in [5, 5.41) is 7.80. The van der Waals surface area contributed by atoms with Crippen LogP contribution in [0, 0.1) is 0 Å². The quantitative estimate of drug-likeness (QED) is 0.184. The van der Waals surface area contributed by atoms with Gasteiger partial charge in [-0.25, -0.2) is 9.97 Å². The Hall–Kier alpha value is -6.07. The van der Waals surface area contributed by atoms with Gasteiger partial charge in [0.15, 0.2) is 5.75 Å². The van der Waals surface area contributed by atoms with Crippen molar-refractivity contribution >= 4 is 54.3 Å². The Morgan fingerprint density at radius 2 is 1.34 bits per heavy atom. The Kier molecular flexibility index (Phi) is 5.28. The maximum absolute atomic E-state index is 7.01.